The van der Waals surface area contributed by atoms with Gasteiger partial charge < -0.3 is 4.74 Å². The van der Waals surface area contributed by atoms with Crippen LogP contribution in [0.25, 0.3) is 0 Å². The summed E-state index contributed by atoms with van der Waals surface area (Å²) in [5.74, 6) is 0.794. The van der Waals surface area contributed by atoms with E-state index in [0.717, 1.165) is 18.7 Å². The summed E-state index contributed by atoms with van der Waals surface area (Å²) in [6.07, 6.45) is 2.88. The summed E-state index contributed by atoms with van der Waals surface area (Å²) in [5, 5.41) is 8.60. The molecule has 70 valence electrons. The van der Waals surface area contributed by atoms with Crippen LogP contribution in [0.4, 0.5) is 0 Å². The molecule has 1 unspecified atom stereocenters. The van der Waals surface area contributed by atoms with E-state index in [1.54, 1.807) is 12.1 Å². The summed E-state index contributed by atoms with van der Waals surface area (Å²) in [6, 6.07) is 9.19. The first kappa shape index (κ1) is 8.76. The zero-order valence-corrected chi connectivity index (χ0v) is 7.68. The molecule has 2 rings (SSSR count). The molecule has 0 saturated heterocycles. The van der Waals surface area contributed by atoms with Crippen molar-refractivity contribution in [3.63, 3.8) is 0 Å². The van der Waals surface area contributed by atoms with Crippen molar-refractivity contribution in [3.8, 4) is 11.8 Å². The molecule has 0 aliphatic carbocycles. The predicted octanol–water partition coefficient (Wildman–Crippen LogP) is 1.78. The monoisotopic (exact) mass is 186 g/mol. The number of benzene rings is 1. The van der Waals surface area contributed by atoms with Gasteiger partial charge >= 0.3 is 0 Å². The molecule has 0 radical (unpaired) electrons. The molecule has 1 heterocycles. The number of nitrogens with zero attached hydrogens (tertiary/aromatic N) is 2. The fourth-order valence-electron chi connectivity index (χ4n) is 1.34. The molecule has 1 aromatic carbocycles. The minimum Gasteiger partial charge on any atom is -0.485 e. The van der Waals surface area contributed by atoms with E-state index in [1.165, 1.54) is 0 Å². The zero-order chi connectivity index (χ0) is 9.80. The van der Waals surface area contributed by atoms with Gasteiger partial charge in [-0.25, -0.2) is 0 Å². The van der Waals surface area contributed by atoms with Crippen molar-refractivity contribution >= 4 is 6.21 Å². The average molecular weight is 186 g/mol. The number of aliphatic imine (C=N–C) groups is 1. The van der Waals surface area contributed by atoms with E-state index in [9.17, 15) is 0 Å². The number of nitriles is 1. The smallest absolute Gasteiger partial charge is 0.135 e. The lowest BCUT2D eigenvalue weighted by atomic mass is 10.2. The maximum Gasteiger partial charge on any atom is 0.135 e. The summed E-state index contributed by atoms with van der Waals surface area (Å²) < 4.78 is 5.62. The Bertz CT molecular complexity index is 375. The molecule has 1 aliphatic heterocycles. The summed E-state index contributed by atoms with van der Waals surface area (Å²) in [6.45, 7) is 0.848. The minimum absolute atomic E-state index is 0.0999. The van der Waals surface area contributed by atoms with Gasteiger partial charge in [0.15, 0.2) is 0 Å². The lowest BCUT2D eigenvalue weighted by molar-refractivity contribution is 0.272. The van der Waals surface area contributed by atoms with Gasteiger partial charge in [-0.05, 0) is 24.3 Å². The fourth-order valence-corrected chi connectivity index (χ4v) is 1.34. The normalized spacial score (nSPS) is 19.2. The Morgan fingerprint density at radius 3 is 2.71 bits per heavy atom. The molecular weight excluding hydrogens is 176 g/mol. The first-order valence-corrected chi connectivity index (χ1v) is 4.55. The van der Waals surface area contributed by atoms with Crippen LogP contribution in [0.15, 0.2) is 29.3 Å². The highest BCUT2D eigenvalue weighted by molar-refractivity contribution is 5.65. The number of hydrogen-bond donors (Lipinski definition) is 0. The number of rotatable bonds is 2. The molecule has 1 aliphatic rings. The van der Waals surface area contributed by atoms with Gasteiger partial charge in [0.25, 0.3) is 0 Å². The molecule has 0 saturated carbocycles. The molecule has 0 aromatic heterocycles. The molecular formula is C11H10N2O. The van der Waals surface area contributed by atoms with Crippen LogP contribution in [-0.2, 0) is 0 Å². The fraction of sp³-hybridized carbons (Fsp3) is 0.273. The Kier molecular flexibility index (Phi) is 2.46. The van der Waals surface area contributed by atoms with Gasteiger partial charge in [0, 0.05) is 19.2 Å². The summed E-state index contributed by atoms with van der Waals surface area (Å²) in [7, 11) is 0. The van der Waals surface area contributed by atoms with Crippen molar-refractivity contribution in [3.05, 3.63) is 29.8 Å². The van der Waals surface area contributed by atoms with E-state index >= 15 is 0 Å². The predicted molar refractivity (Wildman–Crippen MR) is 53.5 cm³/mol. The van der Waals surface area contributed by atoms with Crippen LogP contribution in [-0.4, -0.2) is 18.9 Å². The first-order valence-electron chi connectivity index (χ1n) is 4.55. The van der Waals surface area contributed by atoms with E-state index in [1.807, 2.05) is 18.3 Å². The molecule has 0 spiro atoms. The Morgan fingerprint density at radius 1 is 1.36 bits per heavy atom. The highest BCUT2D eigenvalue weighted by Gasteiger charge is 2.11. The second kappa shape index (κ2) is 3.93. The molecule has 0 N–H and O–H groups in total. The SMILES string of the molecule is N#Cc1ccc(OC2C=NCC2)cc1. The lowest BCUT2D eigenvalue weighted by Gasteiger charge is -2.09. The van der Waals surface area contributed by atoms with Crippen LogP contribution in [0.3, 0.4) is 0 Å². The van der Waals surface area contributed by atoms with Gasteiger partial charge in [0.05, 0.1) is 11.6 Å². The molecule has 1 aromatic rings. The highest BCUT2D eigenvalue weighted by atomic mass is 16.5. The summed E-state index contributed by atoms with van der Waals surface area (Å²) in [4.78, 5) is 4.09. The second-order valence-electron chi connectivity index (χ2n) is 3.14. The van der Waals surface area contributed by atoms with Gasteiger partial charge in [-0.1, -0.05) is 0 Å². The molecule has 3 heteroatoms. The average Bonchev–Trinajstić information content (AvgIpc) is 2.72. The molecule has 1 atom stereocenters. The number of ether oxygens (including phenoxy) is 1. The standard InChI is InChI=1S/C11H10N2O/c12-7-9-1-3-10(4-2-9)14-11-5-6-13-8-11/h1-4,8,11H,5-6H2. The quantitative estimate of drug-likeness (QED) is 0.706. The summed E-state index contributed by atoms with van der Waals surface area (Å²) >= 11 is 0. The topological polar surface area (TPSA) is 45.4 Å². The molecule has 0 amide bonds. The van der Waals surface area contributed by atoms with Crippen LogP contribution in [0.1, 0.15) is 12.0 Å². The van der Waals surface area contributed by atoms with E-state index in [4.69, 9.17) is 10.00 Å². The molecule has 14 heavy (non-hydrogen) atoms. The van der Waals surface area contributed by atoms with Crippen LogP contribution >= 0.6 is 0 Å². The third-order valence-corrected chi connectivity index (χ3v) is 2.09. The minimum atomic E-state index is 0.0999. The van der Waals surface area contributed by atoms with Crippen LogP contribution < -0.4 is 4.74 Å². The largest absolute Gasteiger partial charge is 0.485 e. The second-order valence-corrected chi connectivity index (χ2v) is 3.14. The zero-order valence-electron chi connectivity index (χ0n) is 7.68. The van der Waals surface area contributed by atoms with Gasteiger partial charge in [0.1, 0.15) is 11.9 Å². The highest BCUT2D eigenvalue weighted by Crippen LogP contribution is 2.15. The lowest BCUT2D eigenvalue weighted by Crippen LogP contribution is -2.14. The Labute approximate surface area is 82.7 Å². The molecule has 3 nitrogen and oxygen atoms in total. The van der Waals surface area contributed by atoms with Gasteiger partial charge in [-0.15, -0.1) is 0 Å². The van der Waals surface area contributed by atoms with Crippen molar-refractivity contribution in [2.75, 3.05) is 6.54 Å². The van der Waals surface area contributed by atoms with Crippen molar-refractivity contribution in [1.82, 2.24) is 0 Å². The van der Waals surface area contributed by atoms with Gasteiger partial charge in [-0.3, -0.25) is 4.99 Å². The van der Waals surface area contributed by atoms with Crippen molar-refractivity contribution in [2.24, 2.45) is 4.99 Å². The van der Waals surface area contributed by atoms with E-state index < -0.39 is 0 Å². The van der Waals surface area contributed by atoms with E-state index in [2.05, 4.69) is 11.1 Å². The van der Waals surface area contributed by atoms with Crippen LogP contribution in [0, 0.1) is 11.3 Å². The Balaban J connectivity index is 2.03. The van der Waals surface area contributed by atoms with E-state index in [-0.39, 0.29) is 6.10 Å². The van der Waals surface area contributed by atoms with Crippen LogP contribution in [0.2, 0.25) is 0 Å². The van der Waals surface area contributed by atoms with Crippen molar-refractivity contribution in [1.29, 1.82) is 5.26 Å². The van der Waals surface area contributed by atoms with Crippen molar-refractivity contribution in [2.45, 2.75) is 12.5 Å². The Morgan fingerprint density at radius 2 is 2.14 bits per heavy atom. The summed E-state index contributed by atoms with van der Waals surface area (Å²) in [5.41, 5.74) is 0.650. The van der Waals surface area contributed by atoms with E-state index in [0.29, 0.717) is 5.56 Å². The van der Waals surface area contributed by atoms with Crippen LogP contribution in [0.5, 0.6) is 5.75 Å². The Hall–Kier alpha value is -1.82. The third kappa shape index (κ3) is 1.91. The molecule has 0 fully saturated rings. The number of hydrogen-bond acceptors (Lipinski definition) is 3. The van der Waals surface area contributed by atoms with Crippen molar-refractivity contribution < 1.29 is 4.74 Å². The van der Waals surface area contributed by atoms with Gasteiger partial charge in [-0.2, -0.15) is 5.26 Å². The maximum atomic E-state index is 8.60. The van der Waals surface area contributed by atoms with Gasteiger partial charge in [0.2, 0.25) is 0 Å². The maximum absolute atomic E-state index is 8.60. The first-order chi connectivity index (χ1) is 6.88. The molecule has 0 bridgehead atoms. The third-order valence-electron chi connectivity index (χ3n) is 2.09.